The van der Waals surface area contributed by atoms with Crippen LogP contribution in [0.3, 0.4) is 0 Å². The van der Waals surface area contributed by atoms with E-state index in [-0.39, 0.29) is 31.1 Å². The van der Waals surface area contributed by atoms with Crippen LogP contribution in [0.15, 0.2) is 48.6 Å². The third-order valence-electron chi connectivity index (χ3n) is 13.6. The van der Waals surface area contributed by atoms with Crippen LogP contribution in [0.4, 0.5) is 0 Å². The van der Waals surface area contributed by atoms with Crippen LogP contribution < -0.4 is 0 Å². The number of carbonyl (C=O) groups is 3. The number of hydrogen-bond acceptors (Lipinski definition) is 6. The lowest BCUT2D eigenvalue weighted by molar-refractivity contribution is -0.167. The smallest absolute Gasteiger partial charge is 0.306 e. The molecule has 0 fully saturated rings. The normalized spacial score (nSPS) is 12.3. The molecule has 70 heavy (non-hydrogen) atoms. The number of carbonyl (C=O) groups excluding carboxylic acids is 3. The summed E-state index contributed by atoms with van der Waals surface area (Å²) in [5, 5.41) is 0. The molecule has 0 heterocycles. The molecule has 0 spiro atoms. The van der Waals surface area contributed by atoms with Crippen molar-refractivity contribution in [3.8, 4) is 0 Å². The quantitative estimate of drug-likeness (QED) is 0.0261. The number of rotatable bonds is 56. The Morgan fingerprint density at radius 2 is 0.571 bits per heavy atom. The maximum Gasteiger partial charge on any atom is 0.306 e. The van der Waals surface area contributed by atoms with Gasteiger partial charge in [0.15, 0.2) is 6.10 Å². The summed E-state index contributed by atoms with van der Waals surface area (Å²) in [5.74, 6) is -0.881. The van der Waals surface area contributed by atoms with Crippen molar-refractivity contribution in [2.24, 2.45) is 0 Å². The van der Waals surface area contributed by atoms with Crippen molar-refractivity contribution in [2.75, 3.05) is 13.2 Å². The first-order chi connectivity index (χ1) is 34.5. The van der Waals surface area contributed by atoms with E-state index in [1.807, 2.05) is 0 Å². The molecule has 0 aromatic carbocycles. The molecule has 0 aliphatic rings. The summed E-state index contributed by atoms with van der Waals surface area (Å²) in [5.41, 5.74) is 0. The van der Waals surface area contributed by atoms with Crippen LogP contribution in [-0.4, -0.2) is 37.2 Å². The van der Waals surface area contributed by atoms with Crippen LogP contribution >= 0.6 is 0 Å². The van der Waals surface area contributed by atoms with Crippen molar-refractivity contribution in [3.63, 3.8) is 0 Å². The minimum absolute atomic E-state index is 0.0767. The van der Waals surface area contributed by atoms with Gasteiger partial charge in [0, 0.05) is 19.3 Å². The van der Waals surface area contributed by atoms with Gasteiger partial charge in [-0.05, 0) is 70.6 Å². The van der Waals surface area contributed by atoms with Crippen LogP contribution in [0.25, 0.3) is 0 Å². The van der Waals surface area contributed by atoms with Crippen molar-refractivity contribution in [1.29, 1.82) is 0 Å². The van der Waals surface area contributed by atoms with E-state index in [0.717, 1.165) is 89.9 Å². The predicted molar refractivity (Wildman–Crippen MR) is 302 cm³/mol. The molecule has 0 bridgehead atoms. The van der Waals surface area contributed by atoms with E-state index in [1.165, 1.54) is 193 Å². The van der Waals surface area contributed by atoms with Crippen LogP contribution in [0.5, 0.6) is 0 Å². The first-order valence-corrected chi connectivity index (χ1v) is 30.6. The second-order valence-electron chi connectivity index (χ2n) is 20.6. The van der Waals surface area contributed by atoms with Gasteiger partial charge in [-0.1, -0.05) is 281 Å². The maximum atomic E-state index is 12.9. The number of hydrogen-bond donors (Lipinski definition) is 0. The minimum atomic E-state index is -0.780. The summed E-state index contributed by atoms with van der Waals surface area (Å²) in [4.78, 5) is 38.2. The highest BCUT2D eigenvalue weighted by molar-refractivity contribution is 5.71. The van der Waals surface area contributed by atoms with Gasteiger partial charge in [-0.3, -0.25) is 14.4 Å². The molecule has 0 radical (unpaired) electrons. The number of esters is 3. The second kappa shape index (κ2) is 58.9. The zero-order valence-corrected chi connectivity index (χ0v) is 46.8. The predicted octanol–water partition coefficient (Wildman–Crippen LogP) is 20.6. The summed E-state index contributed by atoms with van der Waals surface area (Å²) in [6.07, 6.45) is 72.7. The van der Waals surface area contributed by atoms with Crippen LogP contribution in [0.2, 0.25) is 0 Å². The van der Waals surface area contributed by atoms with Gasteiger partial charge >= 0.3 is 17.9 Å². The summed E-state index contributed by atoms with van der Waals surface area (Å²) in [6.45, 7) is 6.52. The Balaban J connectivity index is 4.23. The Bertz CT molecular complexity index is 1220. The van der Waals surface area contributed by atoms with Gasteiger partial charge in [0.1, 0.15) is 13.2 Å². The molecule has 408 valence electrons. The summed E-state index contributed by atoms with van der Waals surface area (Å²) >= 11 is 0. The summed E-state index contributed by atoms with van der Waals surface area (Å²) in [6, 6.07) is 0. The van der Waals surface area contributed by atoms with E-state index in [1.54, 1.807) is 0 Å². The average molecular weight is 982 g/mol. The largest absolute Gasteiger partial charge is 0.462 e. The van der Waals surface area contributed by atoms with Crippen LogP contribution in [-0.2, 0) is 28.6 Å². The molecule has 0 N–H and O–H groups in total. The SMILES string of the molecule is CC/C=C\C/C=C\C/C=C\CCCCCCCCCC(=O)OC(COC(=O)CCCCCCC/C=C\CCCC)COC(=O)CCCCCCCCCCCCCCCCCCCCCCCCCC. The zero-order valence-electron chi connectivity index (χ0n) is 46.8. The molecule has 6 heteroatoms. The fourth-order valence-electron chi connectivity index (χ4n) is 8.97. The molecule has 0 aliphatic carbocycles. The minimum Gasteiger partial charge on any atom is -0.462 e. The van der Waals surface area contributed by atoms with E-state index in [9.17, 15) is 14.4 Å². The van der Waals surface area contributed by atoms with Crippen LogP contribution in [0, 0.1) is 0 Å². The Morgan fingerprint density at radius 3 is 0.929 bits per heavy atom. The third-order valence-corrected chi connectivity index (χ3v) is 13.6. The highest BCUT2D eigenvalue weighted by atomic mass is 16.6. The van der Waals surface area contributed by atoms with Gasteiger partial charge in [-0.25, -0.2) is 0 Å². The van der Waals surface area contributed by atoms with Gasteiger partial charge in [0.05, 0.1) is 0 Å². The van der Waals surface area contributed by atoms with Gasteiger partial charge in [0.2, 0.25) is 0 Å². The van der Waals surface area contributed by atoms with E-state index < -0.39 is 6.10 Å². The number of unbranched alkanes of at least 4 members (excludes halogenated alkanes) is 37. The van der Waals surface area contributed by atoms with Gasteiger partial charge < -0.3 is 14.2 Å². The monoisotopic (exact) mass is 981 g/mol. The highest BCUT2D eigenvalue weighted by Crippen LogP contribution is 2.17. The molecule has 0 amide bonds. The molecule has 0 aliphatic heterocycles. The molecule has 6 nitrogen and oxygen atoms in total. The van der Waals surface area contributed by atoms with Crippen LogP contribution in [0.1, 0.15) is 323 Å². The number of allylic oxidation sites excluding steroid dienone is 8. The Kier molecular flexibility index (Phi) is 56.7. The molecule has 0 aromatic rings. The topological polar surface area (TPSA) is 78.9 Å². The fraction of sp³-hybridized carbons (Fsp3) is 0.828. The molecule has 0 saturated heterocycles. The van der Waals surface area contributed by atoms with Gasteiger partial charge in [-0.15, -0.1) is 0 Å². The van der Waals surface area contributed by atoms with E-state index in [4.69, 9.17) is 14.2 Å². The van der Waals surface area contributed by atoms with Gasteiger partial charge in [0.25, 0.3) is 0 Å². The van der Waals surface area contributed by atoms with E-state index >= 15 is 0 Å². The third kappa shape index (κ3) is 56.3. The fourth-order valence-corrected chi connectivity index (χ4v) is 8.97. The summed E-state index contributed by atoms with van der Waals surface area (Å²) in [7, 11) is 0. The lowest BCUT2D eigenvalue weighted by atomic mass is 10.0. The summed E-state index contributed by atoms with van der Waals surface area (Å²) < 4.78 is 16.9. The maximum absolute atomic E-state index is 12.9. The standard InChI is InChI=1S/C64H116O6/c1-4-7-10-13-16-19-22-24-26-28-29-30-31-32-33-34-36-37-39-42-45-48-51-54-57-63(66)69-60-61(59-68-62(65)56-53-50-47-44-41-21-18-15-12-9-6-3)70-64(67)58-55-52-49-46-43-40-38-35-27-25-23-20-17-14-11-8-5-2/h8,11,15,17-18,20,25,27,61H,4-7,9-10,12-14,16,19,21-24,26,28-60H2,1-3H3/b11-8-,18-15-,20-17-,27-25-. The Labute approximate surface area is 435 Å². The highest BCUT2D eigenvalue weighted by Gasteiger charge is 2.19. The molecular formula is C64H116O6. The molecule has 0 rings (SSSR count). The number of ether oxygens (including phenoxy) is 3. The average Bonchev–Trinajstić information content (AvgIpc) is 3.36. The molecule has 0 saturated carbocycles. The van der Waals surface area contributed by atoms with Gasteiger partial charge in [-0.2, -0.15) is 0 Å². The first-order valence-electron chi connectivity index (χ1n) is 30.6. The van der Waals surface area contributed by atoms with Crippen molar-refractivity contribution in [1.82, 2.24) is 0 Å². The zero-order chi connectivity index (χ0) is 50.7. The second-order valence-corrected chi connectivity index (χ2v) is 20.6. The Morgan fingerprint density at radius 1 is 0.300 bits per heavy atom. The van der Waals surface area contributed by atoms with E-state index in [2.05, 4.69) is 69.4 Å². The molecule has 0 aromatic heterocycles. The molecular weight excluding hydrogens is 865 g/mol. The van der Waals surface area contributed by atoms with Crippen molar-refractivity contribution in [2.45, 2.75) is 329 Å². The first kappa shape index (κ1) is 67.4. The lowest BCUT2D eigenvalue weighted by Crippen LogP contribution is -2.30. The Hall–Kier alpha value is -2.63. The molecule has 1 atom stereocenters. The van der Waals surface area contributed by atoms with Crippen molar-refractivity contribution >= 4 is 17.9 Å². The molecule has 1 unspecified atom stereocenters. The van der Waals surface area contributed by atoms with Crippen molar-refractivity contribution < 1.29 is 28.6 Å². The van der Waals surface area contributed by atoms with E-state index in [0.29, 0.717) is 19.3 Å². The lowest BCUT2D eigenvalue weighted by Gasteiger charge is -2.18. The van der Waals surface area contributed by atoms with Crippen molar-refractivity contribution in [3.05, 3.63) is 48.6 Å².